The molecule has 2 fully saturated rings. The zero-order chi connectivity index (χ0) is 17.6. The molecule has 1 aromatic heterocycles. The Morgan fingerprint density at radius 1 is 1.24 bits per heavy atom. The quantitative estimate of drug-likeness (QED) is 0.842. The van der Waals surface area contributed by atoms with Crippen molar-refractivity contribution in [3.8, 4) is 0 Å². The molecule has 1 saturated heterocycles. The molecule has 2 amide bonds. The highest BCUT2D eigenvalue weighted by Crippen LogP contribution is 2.22. The SMILES string of the molecule is C[C@H](C(=O)Nc1nccs1)N1CCC[C@@H](C(=O)NC2CCCCC2)C1. The van der Waals surface area contributed by atoms with Crippen molar-refractivity contribution in [1.29, 1.82) is 0 Å². The van der Waals surface area contributed by atoms with Crippen LogP contribution in [0.4, 0.5) is 5.13 Å². The molecule has 6 nitrogen and oxygen atoms in total. The summed E-state index contributed by atoms with van der Waals surface area (Å²) in [7, 11) is 0. The van der Waals surface area contributed by atoms with Crippen LogP contribution in [0.1, 0.15) is 51.9 Å². The molecule has 138 valence electrons. The van der Waals surface area contributed by atoms with Gasteiger partial charge < -0.3 is 10.6 Å². The van der Waals surface area contributed by atoms with Crippen LogP contribution < -0.4 is 10.6 Å². The number of amides is 2. The maximum absolute atomic E-state index is 12.6. The van der Waals surface area contributed by atoms with Gasteiger partial charge in [-0.1, -0.05) is 19.3 Å². The third-order valence-electron chi connectivity index (χ3n) is 5.36. The molecule has 3 rings (SSSR count). The molecular formula is C18H28N4O2S. The lowest BCUT2D eigenvalue weighted by molar-refractivity contribution is -0.130. The third-order valence-corrected chi connectivity index (χ3v) is 6.05. The number of piperidine rings is 1. The summed E-state index contributed by atoms with van der Waals surface area (Å²) in [6.07, 6.45) is 9.48. The first kappa shape index (κ1) is 18.3. The molecule has 0 aromatic carbocycles. The first-order valence-corrected chi connectivity index (χ1v) is 10.3. The normalized spacial score (nSPS) is 23.8. The highest BCUT2D eigenvalue weighted by Gasteiger charge is 2.32. The molecule has 2 N–H and O–H groups in total. The van der Waals surface area contributed by atoms with Crippen molar-refractivity contribution in [3.63, 3.8) is 0 Å². The number of carbonyl (C=O) groups excluding carboxylic acids is 2. The molecule has 1 aromatic rings. The molecule has 25 heavy (non-hydrogen) atoms. The fraction of sp³-hybridized carbons (Fsp3) is 0.722. The van der Waals surface area contributed by atoms with Crippen LogP contribution in [0.2, 0.25) is 0 Å². The minimum absolute atomic E-state index is 0.00853. The maximum atomic E-state index is 12.6. The summed E-state index contributed by atoms with van der Waals surface area (Å²) in [6, 6.07) is 0.0939. The number of aromatic nitrogens is 1. The molecule has 2 heterocycles. The molecule has 1 saturated carbocycles. The Morgan fingerprint density at radius 3 is 2.76 bits per heavy atom. The smallest absolute Gasteiger partial charge is 0.243 e. The average molecular weight is 365 g/mol. The molecule has 1 aliphatic heterocycles. The van der Waals surface area contributed by atoms with Crippen LogP contribution in [0.15, 0.2) is 11.6 Å². The van der Waals surface area contributed by atoms with Crippen molar-refractivity contribution in [2.24, 2.45) is 5.92 Å². The number of anilines is 1. The van der Waals surface area contributed by atoms with Crippen molar-refractivity contribution < 1.29 is 9.59 Å². The van der Waals surface area contributed by atoms with Crippen LogP contribution in [0.25, 0.3) is 0 Å². The van der Waals surface area contributed by atoms with E-state index in [0.717, 1.165) is 32.2 Å². The third kappa shape index (κ3) is 5.01. The Kier molecular flexibility index (Phi) is 6.42. The number of hydrogen-bond acceptors (Lipinski definition) is 5. The Morgan fingerprint density at radius 2 is 2.04 bits per heavy atom. The molecule has 0 spiro atoms. The van der Waals surface area contributed by atoms with Gasteiger partial charge in [-0.3, -0.25) is 14.5 Å². The minimum Gasteiger partial charge on any atom is -0.353 e. The lowest BCUT2D eigenvalue weighted by Gasteiger charge is -2.36. The fourth-order valence-corrected chi connectivity index (χ4v) is 4.33. The van der Waals surface area contributed by atoms with Gasteiger partial charge in [0, 0.05) is 24.2 Å². The Labute approximate surface area is 153 Å². The van der Waals surface area contributed by atoms with Crippen molar-refractivity contribution in [2.45, 2.75) is 64.0 Å². The summed E-state index contributed by atoms with van der Waals surface area (Å²) in [5.41, 5.74) is 0. The lowest BCUT2D eigenvalue weighted by Crippen LogP contribution is -2.51. The first-order valence-electron chi connectivity index (χ1n) is 9.38. The van der Waals surface area contributed by atoms with E-state index in [2.05, 4.69) is 20.5 Å². The summed E-state index contributed by atoms with van der Waals surface area (Å²) in [6.45, 7) is 3.43. The van der Waals surface area contributed by atoms with Crippen molar-refractivity contribution in [3.05, 3.63) is 11.6 Å². The van der Waals surface area contributed by atoms with Gasteiger partial charge in [0.05, 0.1) is 12.0 Å². The summed E-state index contributed by atoms with van der Waals surface area (Å²) < 4.78 is 0. The fourth-order valence-electron chi connectivity index (χ4n) is 3.80. The van der Waals surface area contributed by atoms with Crippen LogP contribution in [0, 0.1) is 5.92 Å². The van der Waals surface area contributed by atoms with Crippen LogP contribution >= 0.6 is 11.3 Å². The van der Waals surface area contributed by atoms with Gasteiger partial charge in [0.15, 0.2) is 5.13 Å². The number of nitrogens with zero attached hydrogens (tertiary/aromatic N) is 2. The molecule has 1 aliphatic carbocycles. The number of hydrogen-bond donors (Lipinski definition) is 2. The predicted molar refractivity (Wildman–Crippen MR) is 99.5 cm³/mol. The zero-order valence-corrected chi connectivity index (χ0v) is 15.7. The van der Waals surface area contributed by atoms with E-state index >= 15 is 0 Å². The van der Waals surface area contributed by atoms with Gasteiger partial charge in [-0.2, -0.15) is 0 Å². The molecule has 2 atom stereocenters. The molecule has 0 unspecified atom stereocenters. The van der Waals surface area contributed by atoms with Gasteiger partial charge in [-0.15, -0.1) is 11.3 Å². The number of likely N-dealkylation sites (tertiary alicyclic amines) is 1. The molecule has 0 bridgehead atoms. The van der Waals surface area contributed by atoms with E-state index in [9.17, 15) is 9.59 Å². The van der Waals surface area contributed by atoms with Gasteiger partial charge in [0.25, 0.3) is 0 Å². The highest BCUT2D eigenvalue weighted by atomic mass is 32.1. The lowest BCUT2D eigenvalue weighted by atomic mass is 9.92. The van der Waals surface area contributed by atoms with Gasteiger partial charge in [-0.05, 0) is 39.2 Å². The van der Waals surface area contributed by atoms with E-state index in [1.807, 2.05) is 12.3 Å². The van der Waals surface area contributed by atoms with E-state index in [1.165, 1.54) is 30.6 Å². The number of rotatable bonds is 5. The van der Waals surface area contributed by atoms with E-state index < -0.39 is 0 Å². The standard InChI is InChI=1S/C18H28N4O2S/c1-13(16(23)21-18-19-9-11-25-18)22-10-5-6-14(12-22)17(24)20-15-7-3-2-4-8-15/h9,11,13-15H,2-8,10,12H2,1H3,(H,20,24)(H,19,21,23)/t13-,14-/m1/s1. The van der Waals surface area contributed by atoms with E-state index in [0.29, 0.717) is 17.7 Å². The first-order chi connectivity index (χ1) is 12.1. The maximum Gasteiger partial charge on any atom is 0.243 e. The van der Waals surface area contributed by atoms with Crippen LogP contribution in [-0.4, -0.2) is 46.9 Å². The van der Waals surface area contributed by atoms with Crippen molar-refractivity contribution in [2.75, 3.05) is 18.4 Å². The topological polar surface area (TPSA) is 74.3 Å². The molecule has 2 aliphatic rings. The minimum atomic E-state index is -0.255. The van der Waals surface area contributed by atoms with Crippen molar-refractivity contribution >= 4 is 28.3 Å². The number of carbonyl (C=O) groups is 2. The summed E-state index contributed by atoms with van der Waals surface area (Å²) in [4.78, 5) is 31.2. The predicted octanol–water partition coefficient (Wildman–Crippen LogP) is 2.63. The number of nitrogens with one attached hydrogen (secondary N) is 2. The van der Waals surface area contributed by atoms with Crippen LogP contribution in [0.5, 0.6) is 0 Å². The highest BCUT2D eigenvalue weighted by molar-refractivity contribution is 7.13. The van der Waals surface area contributed by atoms with Gasteiger partial charge in [-0.25, -0.2) is 4.98 Å². The van der Waals surface area contributed by atoms with Crippen LogP contribution in [0.3, 0.4) is 0 Å². The molecular weight excluding hydrogens is 336 g/mol. The average Bonchev–Trinajstić information content (AvgIpc) is 3.15. The van der Waals surface area contributed by atoms with E-state index in [1.54, 1.807) is 6.20 Å². The van der Waals surface area contributed by atoms with E-state index in [4.69, 9.17) is 0 Å². The Bertz CT molecular complexity index is 572. The summed E-state index contributed by atoms with van der Waals surface area (Å²) in [5, 5.41) is 8.56. The van der Waals surface area contributed by atoms with Gasteiger partial charge in [0.2, 0.25) is 11.8 Å². The zero-order valence-electron chi connectivity index (χ0n) is 14.9. The Balaban J connectivity index is 1.51. The monoisotopic (exact) mass is 364 g/mol. The number of thiazole rings is 1. The second-order valence-electron chi connectivity index (χ2n) is 7.18. The largest absolute Gasteiger partial charge is 0.353 e. The Hall–Kier alpha value is -1.47. The van der Waals surface area contributed by atoms with E-state index in [-0.39, 0.29) is 23.8 Å². The molecule has 7 heteroatoms. The second kappa shape index (κ2) is 8.76. The van der Waals surface area contributed by atoms with Crippen LogP contribution in [-0.2, 0) is 9.59 Å². The van der Waals surface area contributed by atoms with Gasteiger partial charge in [0.1, 0.15) is 0 Å². The second-order valence-corrected chi connectivity index (χ2v) is 8.07. The van der Waals surface area contributed by atoms with Crippen molar-refractivity contribution in [1.82, 2.24) is 15.2 Å². The van der Waals surface area contributed by atoms with Gasteiger partial charge >= 0.3 is 0 Å². The summed E-state index contributed by atoms with van der Waals surface area (Å²) >= 11 is 1.41. The summed E-state index contributed by atoms with van der Waals surface area (Å²) in [5.74, 6) is 0.109. The molecule has 0 radical (unpaired) electrons.